The van der Waals surface area contributed by atoms with Gasteiger partial charge < -0.3 is 4.90 Å². The standard InChI is InChI=1S/C15H18ClN3S/c1-2-12-7-13-14(17-8-18-15(13)20-12)19-10-3-4-11(19)6-9(16)5-10/h7-11H,2-6H2,1H3. The summed E-state index contributed by atoms with van der Waals surface area (Å²) in [6, 6.07) is 3.42. The number of fused-ring (bicyclic) bond motifs is 3. The third-order valence-corrected chi connectivity index (χ3v) is 6.17. The lowest BCUT2D eigenvalue weighted by Gasteiger charge is -2.38. The van der Waals surface area contributed by atoms with Gasteiger partial charge in [-0.15, -0.1) is 22.9 Å². The Hall–Kier alpha value is -0.870. The zero-order valence-corrected chi connectivity index (χ0v) is 13.1. The summed E-state index contributed by atoms with van der Waals surface area (Å²) in [6.07, 6.45) is 7.48. The van der Waals surface area contributed by atoms with E-state index in [4.69, 9.17) is 11.6 Å². The average Bonchev–Trinajstić information content (AvgIpc) is 2.98. The second-order valence-corrected chi connectivity index (χ2v) is 7.58. The number of alkyl halides is 1. The Bertz CT molecular complexity index is 627. The van der Waals surface area contributed by atoms with Gasteiger partial charge in [-0.25, -0.2) is 9.97 Å². The monoisotopic (exact) mass is 307 g/mol. The third-order valence-electron chi connectivity index (χ3n) is 4.63. The van der Waals surface area contributed by atoms with Crippen LogP contribution in [0.15, 0.2) is 12.4 Å². The van der Waals surface area contributed by atoms with Gasteiger partial charge in [0.25, 0.3) is 0 Å². The molecule has 4 rings (SSSR count). The van der Waals surface area contributed by atoms with Gasteiger partial charge >= 0.3 is 0 Å². The van der Waals surface area contributed by atoms with Crippen molar-refractivity contribution in [3.05, 3.63) is 17.3 Å². The van der Waals surface area contributed by atoms with Crippen molar-refractivity contribution >= 4 is 39.0 Å². The number of rotatable bonds is 2. The van der Waals surface area contributed by atoms with Gasteiger partial charge in [-0.3, -0.25) is 0 Å². The number of aromatic nitrogens is 2. The van der Waals surface area contributed by atoms with Crippen molar-refractivity contribution in [2.45, 2.75) is 56.5 Å². The average molecular weight is 308 g/mol. The lowest BCUT2D eigenvalue weighted by Crippen LogP contribution is -2.44. The highest BCUT2D eigenvalue weighted by atomic mass is 35.5. The summed E-state index contributed by atoms with van der Waals surface area (Å²) in [5.41, 5.74) is 0. The van der Waals surface area contributed by atoms with E-state index in [0.29, 0.717) is 17.5 Å². The van der Waals surface area contributed by atoms with Gasteiger partial charge in [-0.05, 0) is 38.2 Å². The van der Waals surface area contributed by atoms with Crippen LogP contribution < -0.4 is 4.90 Å². The molecule has 4 heterocycles. The maximum atomic E-state index is 6.39. The lowest BCUT2D eigenvalue weighted by atomic mass is 10.0. The molecule has 0 N–H and O–H groups in total. The van der Waals surface area contributed by atoms with E-state index in [9.17, 15) is 0 Å². The molecule has 2 aromatic rings. The molecule has 0 radical (unpaired) electrons. The van der Waals surface area contributed by atoms with Gasteiger partial charge in [-0.2, -0.15) is 0 Å². The van der Waals surface area contributed by atoms with Crippen LogP contribution in [0, 0.1) is 0 Å². The molecule has 0 amide bonds. The summed E-state index contributed by atoms with van der Waals surface area (Å²) >= 11 is 8.18. The van der Waals surface area contributed by atoms with E-state index < -0.39 is 0 Å². The first kappa shape index (κ1) is 12.8. The quantitative estimate of drug-likeness (QED) is 0.786. The van der Waals surface area contributed by atoms with Gasteiger partial charge in [-0.1, -0.05) is 6.92 Å². The second kappa shape index (κ2) is 4.85. The predicted octanol–water partition coefficient (Wildman–Crippen LogP) is 3.99. The fraction of sp³-hybridized carbons (Fsp3) is 0.600. The second-order valence-electron chi connectivity index (χ2n) is 5.84. The number of thiophene rings is 1. The molecule has 3 nitrogen and oxygen atoms in total. The van der Waals surface area contributed by atoms with Crippen LogP contribution in [0.25, 0.3) is 10.2 Å². The molecule has 0 aromatic carbocycles. The Kier molecular flexibility index (Phi) is 3.11. The molecular weight excluding hydrogens is 290 g/mol. The summed E-state index contributed by atoms with van der Waals surface area (Å²) in [5.74, 6) is 1.14. The van der Waals surface area contributed by atoms with Crippen molar-refractivity contribution in [2.75, 3.05) is 4.90 Å². The molecule has 2 aromatic heterocycles. The van der Waals surface area contributed by atoms with Gasteiger partial charge in [0.05, 0.1) is 5.39 Å². The largest absolute Gasteiger partial charge is 0.350 e. The molecule has 106 valence electrons. The zero-order chi connectivity index (χ0) is 13.7. The van der Waals surface area contributed by atoms with Crippen LogP contribution in [0.2, 0.25) is 0 Å². The summed E-state index contributed by atoms with van der Waals surface area (Å²) in [7, 11) is 0. The van der Waals surface area contributed by atoms with Crippen LogP contribution in [0.1, 0.15) is 37.5 Å². The molecule has 0 spiro atoms. The number of aryl methyl sites for hydroxylation is 1. The van der Waals surface area contributed by atoms with Crippen LogP contribution in [-0.2, 0) is 6.42 Å². The Morgan fingerprint density at radius 3 is 2.75 bits per heavy atom. The van der Waals surface area contributed by atoms with E-state index in [1.807, 2.05) is 0 Å². The fourth-order valence-electron chi connectivity index (χ4n) is 3.73. The topological polar surface area (TPSA) is 29.0 Å². The van der Waals surface area contributed by atoms with Gasteiger partial charge in [0.15, 0.2) is 0 Å². The van der Waals surface area contributed by atoms with E-state index in [1.165, 1.54) is 23.1 Å². The molecule has 5 heteroatoms. The fourth-order valence-corrected chi connectivity index (χ4v) is 5.07. The highest BCUT2D eigenvalue weighted by molar-refractivity contribution is 7.18. The van der Waals surface area contributed by atoms with Crippen molar-refractivity contribution < 1.29 is 0 Å². The first-order valence-electron chi connectivity index (χ1n) is 7.42. The van der Waals surface area contributed by atoms with E-state index >= 15 is 0 Å². The Balaban J connectivity index is 1.80. The Morgan fingerprint density at radius 2 is 2.05 bits per heavy atom. The van der Waals surface area contributed by atoms with Gasteiger partial charge in [0, 0.05) is 22.3 Å². The highest BCUT2D eigenvalue weighted by Gasteiger charge is 2.41. The van der Waals surface area contributed by atoms with Gasteiger partial charge in [0.1, 0.15) is 17.0 Å². The maximum Gasteiger partial charge on any atom is 0.141 e. The van der Waals surface area contributed by atoms with E-state index in [1.54, 1.807) is 17.7 Å². The number of anilines is 1. The number of nitrogens with zero attached hydrogens (tertiary/aromatic N) is 3. The molecule has 2 aliphatic rings. The molecule has 2 bridgehead atoms. The van der Waals surface area contributed by atoms with E-state index in [0.717, 1.165) is 29.9 Å². The van der Waals surface area contributed by atoms with Crippen LogP contribution >= 0.6 is 22.9 Å². The van der Waals surface area contributed by atoms with Crippen LogP contribution in [0.4, 0.5) is 5.82 Å². The number of hydrogen-bond donors (Lipinski definition) is 0. The minimum Gasteiger partial charge on any atom is -0.350 e. The Morgan fingerprint density at radius 1 is 1.30 bits per heavy atom. The molecule has 2 fully saturated rings. The van der Waals surface area contributed by atoms with Crippen LogP contribution in [0.3, 0.4) is 0 Å². The Labute approximate surface area is 128 Å². The summed E-state index contributed by atoms with van der Waals surface area (Å²) in [6.45, 7) is 2.19. The molecular formula is C15H18ClN3S. The maximum absolute atomic E-state index is 6.39. The van der Waals surface area contributed by atoms with Crippen molar-refractivity contribution in [1.82, 2.24) is 9.97 Å². The van der Waals surface area contributed by atoms with Crippen LogP contribution in [-0.4, -0.2) is 27.4 Å². The van der Waals surface area contributed by atoms with Crippen molar-refractivity contribution in [1.29, 1.82) is 0 Å². The van der Waals surface area contributed by atoms with Gasteiger partial charge in [0.2, 0.25) is 0 Å². The minimum absolute atomic E-state index is 0.342. The van der Waals surface area contributed by atoms with Crippen LogP contribution in [0.5, 0.6) is 0 Å². The molecule has 2 saturated heterocycles. The number of piperidine rings is 1. The summed E-state index contributed by atoms with van der Waals surface area (Å²) < 4.78 is 0. The van der Waals surface area contributed by atoms with Crippen molar-refractivity contribution in [3.63, 3.8) is 0 Å². The first-order chi connectivity index (χ1) is 9.76. The SMILES string of the molecule is CCc1cc2c(N3C4CCC3CC(Cl)C4)ncnc2s1. The summed E-state index contributed by atoms with van der Waals surface area (Å²) in [5, 5.41) is 1.58. The van der Waals surface area contributed by atoms with E-state index in [-0.39, 0.29) is 0 Å². The van der Waals surface area contributed by atoms with Crippen molar-refractivity contribution in [3.8, 4) is 0 Å². The van der Waals surface area contributed by atoms with E-state index in [2.05, 4.69) is 27.9 Å². The number of hydrogen-bond acceptors (Lipinski definition) is 4. The first-order valence-corrected chi connectivity index (χ1v) is 8.67. The van der Waals surface area contributed by atoms with Crippen molar-refractivity contribution in [2.24, 2.45) is 0 Å². The minimum atomic E-state index is 0.342. The molecule has 20 heavy (non-hydrogen) atoms. The molecule has 2 aliphatic heterocycles. The summed E-state index contributed by atoms with van der Waals surface area (Å²) in [4.78, 5) is 14.1. The third kappa shape index (κ3) is 1.92. The molecule has 2 unspecified atom stereocenters. The lowest BCUT2D eigenvalue weighted by molar-refractivity contribution is 0.471. The molecule has 0 saturated carbocycles. The smallest absolute Gasteiger partial charge is 0.141 e. The molecule has 0 aliphatic carbocycles. The zero-order valence-electron chi connectivity index (χ0n) is 11.6. The predicted molar refractivity (Wildman–Crippen MR) is 85.0 cm³/mol. The normalized spacial score (nSPS) is 29.3. The molecule has 2 atom stereocenters. The number of halogens is 1. The highest BCUT2D eigenvalue weighted by Crippen LogP contribution is 2.43.